The largest absolute Gasteiger partial charge is 0.351 e. The molecule has 0 bridgehead atoms. The third-order valence-corrected chi connectivity index (χ3v) is 5.57. The summed E-state index contributed by atoms with van der Waals surface area (Å²) < 4.78 is 30.1. The van der Waals surface area contributed by atoms with E-state index in [-0.39, 0.29) is 5.91 Å². The molecule has 0 aromatic carbocycles. The molecule has 1 amide bonds. The predicted octanol–water partition coefficient (Wildman–Crippen LogP) is 0.0932. The molecule has 23 heavy (non-hydrogen) atoms. The molecule has 2 rings (SSSR count). The first-order valence-corrected chi connectivity index (χ1v) is 8.92. The zero-order valence-corrected chi connectivity index (χ0v) is 14.4. The van der Waals surface area contributed by atoms with Gasteiger partial charge in [-0.3, -0.25) is 9.48 Å². The van der Waals surface area contributed by atoms with Crippen LogP contribution in [0.1, 0.15) is 30.6 Å². The molecule has 0 saturated carbocycles. The predicted molar refractivity (Wildman–Crippen MR) is 86.8 cm³/mol. The Morgan fingerprint density at radius 1 is 1.61 bits per heavy atom. The highest BCUT2D eigenvalue weighted by molar-refractivity contribution is 7.87. The van der Waals surface area contributed by atoms with Crippen LogP contribution in [0.2, 0.25) is 0 Å². The van der Waals surface area contributed by atoms with Gasteiger partial charge in [-0.2, -0.15) is 22.5 Å². The lowest BCUT2D eigenvalue weighted by Gasteiger charge is -2.35. The van der Waals surface area contributed by atoms with Gasteiger partial charge in [-0.05, 0) is 20.3 Å². The van der Waals surface area contributed by atoms with Gasteiger partial charge in [-0.15, -0.1) is 6.58 Å². The molecule has 0 unspecified atom stereocenters. The van der Waals surface area contributed by atoms with Crippen molar-refractivity contribution in [3.63, 3.8) is 0 Å². The SMILES string of the molecule is C=CCNC(=O)[C@H]1C[C@@H](c2cn(CC)nc2C)NS(=O)(=O)N1C. The van der Waals surface area contributed by atoms with E-state index in [9.17, 15) is 13.2 Å². The number of hydrogen-bond donors (Lipinski definition) is 2. The minimum atomic E-state index is -3.73. The Kier molecular flexibility index (Phi) is 5.23. The quantitative estimate of drug-likeness (QED) is 0.742. The number of carbonyl (C=O) groups excluding carboxylic acids is 1. The zero-order chi connectivity index (χ0) is 17.2. The van der Waals surface area contributed by atoms with Crippen molar-refractivity contribution in [1.29, 1.82) is 0 Å². The number of nitrogens with zero attached hydrogens (tertiary/aromatic N) is 3. The first-order chi connectivity index (χ1) is 10.8. The maximum Gasteiger partial charge on any atom is 0.280 e. The Labute approximate surface area is 136 Å². The third-order valence-electron chi connectivity index (χ3n) is 3.98. The van der Waals surface area contributed by atoms with Gasteiger partial charge in [0.2, 0.25) is 5.91 Å². The van der Waals surface area contributed by atoms with Crippen LogP contribution < -0.4 is 10.0 Å². The second-order valence-electron chi connectivity index (χ2n) is 5.50. The number of aromatic nitrogens is 2. The van der Waals surface area contributed by atoms with Crippen LogP contribution in [0.25, 0.3) is 0 Å². The first kappa shape index (κ1) is 17.6. The Hall–Kier alpha value is -1.71. The van der Waals surface area contributed by atoms with Crippen molar-refractivity contribution in [2.75, 3.05) is 13.6 Å². The van der Waals surface area contributed by atoms with Crippen molar-refractivity contribution in [1.82, 2.24) is 24.1 Å². The Morgan fingerprint density at radius 2 is 2.30 bits per heavy atom. The Morgan fingerprint density at radius 3 is 2.87 bits per heavy atom. The van der Waals surface area contributed by atoms with Gasteiger partial charge in [0.25, 0.3) is 10.2 Å². The van der Waals surface area contributed by atoms with E-state index in [0.29, 0.717) is 19.5 Å². The highest BCUT2D eigenvalue weighted by Gasteiger charge is 2.41. The van der Waals surface area contributed by atoms with Crippen LogP contribution in [0.15, 0.2) is 18.9 Å². The van der Waals surface area contributed by atoms with Crippen molar-refractivity contribution in [2.45, 2.75) is 38.9 Å². The van der Waals surface area contributed by atoms with Crippen molar-refractivity contribution in [3.8, 4) is 0 Å². The zero-order valence-electron chi connectivity index (χ0n) is 13.6. The van der Waals surface area contributed by atoms with E-state index >= 15 is 0 Å². The normalized spacial score (nSPS) is 24.3. The van der Waals surface area contributed by atoms with Gasteiger partial charge >= 0.3 is 0 Å². The van der Waals surface area contributed by atoms with Gasteiger partial charge in [0.15, 0.2) is 0 Å². The van der Waals surface area contributed by atoms with Crippen LogP contribution in [0.4, 0.5) is 0 Å². The summed E-state index contributed by atoms with van der Waals surface area (Å²) in [5, 5.41) is 7.01. The van der Waals surface area contributed by atoms with Gasteiger partial charge in [0.1, 0.15) is 6.04 Å². The second-order valence-corrected chi connectivity index (χ2v) is 7.26. The fourth-order valence-corrected chi connectivity index (χ4v) is 3.91. The standard InChI is InChI=1S/C14H23N5O3S/c1-5-7-15-14(20)13-8-12(17-23(21,22)18(13)4)11-9-19(6-2)16-10(11)3/h5,9,12-13,17H,1,6-8H2,2-4H3,(H,15,20)/t12-,13+/m0/s1. The monoisotopic (exact) mass is 341 g/mol. The fourth-order valence-electron chi connectivity index (χ4n) is 2.64. The van der Waals surface area contributed by atoms with Crippen LogP contribution in [-0.2, 0) is 21.5 Å². The molecule has 2 N–H and O–H groups in total. The lowest BCUT2D eigenvalue weighted by atomic mass is 10.00. The number of amides is 1. The summed E-state index contributed by atoms with van der Waals surface area (Å²) in [7, 11) is -2.33. The van der Waals surface area contributed by atoms with E-state index in [4.69, 9.17) is 0 Å². The number of likely N-dealkylation sites (N-methyl/N-ethyl adjacent to an activating group) is 1. The summed E-state index contributed by atoms with van der Waals surface area (Å²) in [5.74, 6) is -0.331. The molecular weight excluding hydrogens is 318 g/mol. The summed E-state index contributed by atoms with van der Waals surface area (Å²) in [6, 6.07) is -1.24. The van der Waals surface area contributed by atoms with E-state index < -0.39 is 22.3 Å². The average molecular weight is 341 g/mol. The Balaban J connectivity index is 2.30. The van der Waals surface area contributed by atoms with Crippen LogP contribution in [-0.4, -0.2) is 48.0 Å². The minimum Gasteiger partial charge on any atom is -0.351 e. The van der Waals surface area contributed by atoms with E-state index in [0.717, 1.165) is 15.6 Å². The van der Waals surface area contributed by atoms with Gasteiger partial charge < -0.3 is 5.32 Å². The van der Waals surface area contributed by atoms with Gasteiger partial charge in [0, 0.05) is 31.9 Å². The summed E-state index contributed by atoms with van der Waals surface area (Å²) in [6.07, 6.45) is 3.72. The lowest BCUT2D eigenvalue weighted by molar-refractivity contribution is -0.125. The third kappa shape index (κ3) is 3.62. The topological polar surface area (TPSA) is 96.3 Å². The van der Waals surface area contributed by atoms with Gasteiger partial charge in [0.05, 0.1) is 11.7 Å². The van der Waals surface area contributed by atoms with Crippen LogP contribution >= 0.6 is 0 Å². The molecule has 1 aromatic heterocycles. The number of rotatable bonds is 5. The molecule has 0 spiro atoms. The van der Waals surface area contributed by atoms with E-state index in [1.807, 2.05) is 20.0 Å². The van der Waals surface area contributed by atoms with Gasteiger partial charge in [-0.1, -0.05) is 6.08 Å². The molecule has 8 nitrogen and oxygen atoms in total. The van der Waals surface area contributed by atoms with Crippen molar-refractivity contribution < 1.29 is 13.2 Å². The average Bonchev–Trinajstić information content (AvgIpc) is 2.88. The maximum atomic E-state index is 12.3. The number of aryl methyl sites for hydroxylation is 2. The summed E-state index contributed by atoms with van der Waals surface area (Å²) in [4.78, 5) is 12.3. The number of carbonyl (C=O) groups is 1. The number of hydrogen-bond acceptors (Lipinski definition) is 4. The van der Waals surface area contributed by atoms with E-state index in [2.05, 4.69) is 21.7 Å². The molecular formula is C14H23N5O3S. The smallest absolute Gasteiger partial charge is 0.280 e. The number of nitrogens with one attached hydrogen (secondary N) is 2. The minimum absolute atomic E-state index is 0.300. The highest BCUT2D eigenvalue weighted by atomic mass is 32.2. The molecule has 2 heterocycles. The molecule has 0 radical (unpaired) electrons. The second kappa shape index (κ2) is 6.81. The molecule has 128 valence electrons. The van der Waals surface area contributed by atoms with Gasteiger partial charge in [-0.25, -0.2) is 0 Å². The lowest BCUT2D eigenvalue weighted by Crippen LogP contribution is -2.57. The maximum absolute atomic E-state index is 12.3. The molecule has 9 heteroatoms. The van der Waals surface area contributed by atoms with Crippen molar-refractivity contribution >= 4 is 16.1 Å². The molecule has 2 atom stereocenters. The molecule has 0 aliphatic carbocycles. The van der Waals surface area contributed by atoms with Crippen LogP contribution in [0.5, 0.6) is 0 Å². The van der Waals surface area contributed by atoms with Crippen molar-refractivity contribution in [2.24, 2.45) is 0 Å². The van der Waals surface area contributed by atoms with Crippen LogP contribution in [0.3, 0.4) is 0 Å². The fraction of sp³-hybridized carbons (Fsp3) is 0.571. The summed E-state index contributed by atoms with van der Waals surface area (Å²) in [5.41, 5.74) is 1.55. The molecule has 1 aromatic rings. The van der Waals surface area contributed by atoms with E-state index in [1.54, 1.807) is 10.8 Å². The Bertz CT molecular complexity index is 697. The van der Waals surface area contributed by atoms with E-state index in [1.165, 1.54) is 7.05 Å². The molecule has 1 saturated heterocycles. The molecule has 1 aliphatic heterocycles. The van der Waals surface area contributed by atoms with Crippen molar-refractivity contribution in [3.05, 3.63) is 30.1 Å². The summed E-state index contributed by atoms with van der Waals surface area (Å²) >= 11 is 0. The first-order valence-electron chi connectivity index (χ1n) is 7.48. The summed E-state index contributed by atoms with van der Waals surface area (Å²) in [6.45, 7) is 8.33. The molecule has 1 fully saturated rings. The highest BCUT2D eigenvalue weighted by Crippen LogP contribution is 2.29. The van der Waals surface area contributed by atoms with Crippen LogP contribution in [0, 0.1) is 6.92 Å². The molecule has 1 aliphatic rings.